The van der Waals surface area contributed by atoms with E-state index in [1.807, 2.05) is 31.4 Å². The van der Waals surface area contributed by atoms with Crippen molar-refractivity contribution in [1.82, 2.24) is 14.8 Å². The number of hydrogen-bond acceptors (Lipinski definition) is 8. The fourth-order valence-electron chi connectivity index (χ4n) is 5.19. The lowest BCUT2D eigenvalue weighted by Crippen LogP contribution is -2.50. The van der Waals surface area contributed by atoms with Gasteiger partial charge < -0.3 is 19.7 Å². The van der Waals surface area contributed by atoms with Crippen LogP contribution >= 0.6 is 11.3 Å². The standard InChI is InChI=1S/C27H32N4O5S/c1-16(2)23-24(32)31-13-20(11-22(31)25(33)35-3)36-27(34)30-12-18-9-6-8-17(21(18)14-30)7-4-5-10-19-15-37-26(28-19)29-23/h4,6-9,15-16,20,22-23H,5,10-14H2,1-3H3,(H,28,29)/b7-4+/t20-,22+,23+/m1/s1. The van der Waals surface area contributed by atoms with Gasteiger partial charge in [0.2, 0.25) is 5.91 Å². The van der Waals surface area contributed by atoms with Gasteiger partial charge in [-0.05, 0) is 35.4 Å². The number of benzene rings is 1. The Kier molecular flexibility index (Phi) is 7.19. The molecule has 2 aromatic rings. The van der Waals surface area contributed by atoms with E-state index in [-0.39, 0.29) is 24.8 Å². The third kappa shape index (κ3) is 5.20. The minimum absolute atomic E-state index is 0.0619. The number of ether oxygens (including phenoxy) is 2. The summed E-state index contributed by atoms with van der Waals surface area (Å²) in [6.45, 7) is 4.95. The van der Waals surface area contributed by atoms with Gasteiger partial charge in [-0.1, -0.05) is 44.2 Å². The normalized spacial score (nSPS) is 24.7. The molecule has 9 nitrogen and oxygen atoms in total. The van der Waals surface area contributed by atoms with Gasteiger partial charge in [0.1, 0.15) is 18.2 Å². The van der Waals surface area contributed by atoms with Crippen molar-refractivity contribution in [3.63, 3.8) is 0 Å². The van der Waals surface area contributed by atoms with Crippen molar-refractivity contribution in [2.45, 2.75) is 64.4 Å². The highest BCUT2D eigenvalue weighted by Crippen LogP contribution is 2.30. The summed E-state index contributed by atoms with van der Waals surface area (Å²) in [7, 11) is 1.30. The monoisotopic (exact) mass is 524 g/mol. The van der Waals surface area contributed by atoms with Crippen LogP contribution in [-0.4, -0.2) is 64.6 Å². The van der Waals surface area contributed by atoms with E-state index in [1.54, 1.807) is 4.90 Å². The second-order valence-electron chi connectivity index (χ2n) is 10.1. The lowest BCUT2D eigenvalue weighted by atomic mass is 10.0. The number of hydrogen-bond donors (Lipinski definition) is 1. The maximum Gasteiger partial charge on any atom is 0.410 e. The van der Waals surface area contributed by atoms with Crippen LogP contribution in [0.15, 0.2) is 29.7 Å². The number of rotatable bonds is 2. The molecule has 1 aromatic heterocycles. The summed E-state index contributed by atoms with van der Waals surface area (Å²) < 4.78 is 10.8. The third-order valence-electron chi connectivity index (χ3n) is 7.19. The Bertz CT molecular complexity index is 1230. The van der Waals surface area contributed by atoms with Crippen molar-refractivity contribution in [3.8, 4) is 0 Å². The van der Waals surface area contributed by atoms with Gasteiger partial charge in [0.25, 0.3) is 0 Å². The molecule has 37 heavy (non-hydrogen) atoms. The number of carbonyl (C=O) groups is 3. The Hall–Kier alpha value is -3.40. The zero-order valence-electron chi connectivity index (χ0n) is 21.3. The van der Waals surface area contributed by atoms with Crippen molar-refractivity contribution in [1.29, 1.82) is 0 Å². The Labute approximate surface area is 220 Å². The molecule has 196 valence electrons. The second-order valence-corrected chi connectivity index (χ2v) is 10.9. The lowest BCUT2D eigenvalue weighted by Gasteiger charge is -2.29. The van der Waals surface area contributed by atoms with E-state index >= 15 is 0 Å². The number of amides is 2. The molecule has 4 heterocycles. The van der Waals surface area contributed by atoms with Crippen molar-refractivity contribution >= 4 is 40.5 Å². The van der Waals surface area contributed by atoms with Gasteiger partial charge in [-0.3, -0.25) is 9.69 Å². The molecule has 1 aromatic carbocycles. The molecule has 0 unspecified atom stereocenters. The number of nitrogens with zero attached hydrogens (tertiary/aromatic N) is 3. The molecule has 1 saturated heterocycles. The minimum atomic E-state index is -0.816. The summed E-state index contributed by atoms with van der Waals surface area (Å²) >= 11 is 1.47. The van der Waals surface area contributed by atoms with Gasteiger partial charge in [-0.2, -0.15) is 0 Å². The highest BCUT2D eigenvalue weighted by atomic mass is 32.1. The number of carbonyl (C=O) groups excluding carboxylic acids is 3. The molecule has 3 atom stereocenters. The van der Waals surface area contributed by atoms with Crippen LogP contribution in [0.4, 0.5) is 9.93 Å². The number of esters is 1. The van der Waals surface area contributed by atoms with Gasteiger partial charge in [0.15, 0.2) is 5.13 Å². The molecule has 1 fully saturated rings. The predicted octanol–water partition coefficient (Wildman–Crippen LogP) is 3.83. The minimum Gasteiger partial charge on any atom is -0.467 e. The smallest absolute Gasteiger partial charge is 0.410 e. The van der Waals surface area contributed by atoms with E-state index in [9.17, 15) is 14.4 Å². The zero-order valence-corrected chi connectivity index (χ0v) is 22.1. The Morgan fingerprint density at radius 1 is 1.27 bits per heavy atom. The van der Waals surface area contributed by atoms with E-state index in [2.05, 4.69) is 23.5 Å². The third-order valence-corrected chi connectivity index (χ3v) is 8.01. The first-order valence-electron chi connectivity index (χ1n) is 12.7. The highest BCUT2D eigenvalue weighted by Gasteiger charge is 2.45. The lowest BCUT2D eigenvalue weighted by molar-refractivity contribution is -0.151. The van der Waals surface area contributed by atoms with E-state index in [0.29, 0.717) is 18.2 Å². The average molecular weight is 525 g/mol. The van der Waals surface area contributed by atoms with Crippen LogP contribution < -0.4 is 5.32 Å². The average Bonchev–Trinajstić information content (AvgIpc) is 3.62. The highest BCUT2D eigenvalue weighted by molar-refractivity contribution is 7.13. The molecule has 0 aliphatic carbocycles. The van der Waals surface area contributed by atoms with E-state index < -0.39 is 30.3 Å². The van der Waals surface area contributed by atoms with E-state index in [4.69, 9.17) is 14.5 Å². The topological polar surface area (TPSA) is 101 Å². The van der Waals surface area contributed by atoms with E-state index in [1.165, 1.54) is 23.3 Å². The fourth-order valence-corrected chi connectivity index (χ4v) is 5.97. The molecule has 3 aliphatic rings. The van der Waals surface area contributed by atoms with Gasteiger partial charge in [-0.25, -0.2) is 14.6 Å². The maximum absolute atomic E-state index is 13.7. The summed E-state index contributed by atoms with van der Waals surface area (Å²) in [5.74, 6) is -0.814. The number of aromatic nitrogens is 1. The Morgan fingerprint density at radius 2 is 2.11 bits per heavy atom. The number of thiazole rings is 1. The number of anilines is 1. The summed E-state index contributed by atoms with van der Waals surface area (Å²) in [5.41, 5.74) is 4.26. The first kappa shape index (κ1) is 25.3. The Balaban J connectivity index is 1.47. The quantitative estimate of drug-likeness (QED) is 0.596. The van der Waals surface area contributed by atoms with Crippen molar-refractivity contribution in [2.75, 3.05) is 19.0 Å². The van der Waals surface area contributed by atoms with Crippen molar-refractivity contribution in [2.24, 2.45) is 5.92 Å². The SMILES string of the molecule is COC(=O)[C@@H]1C[C@@H]2CN1C(=O)[C@H](C(C)C)Nc1nc(cs1)CC/C=C/c1cccc3c1CN(C3)C(=O)O2. The van der Waals surface area contributed by atoms with Crippen molar-refractivity contribution < 1.29 is 23.9 Å². The van der Waals surface area contributed by atoms with Crippen LogP contribution in [-0.2, 0) is 38.6 Å². The summed E-state index contributed by atoms with van der Waals surface area (Å²) in [4.78, 5) is 47.3. The predicted molar refractivity (Wildman–Crippen MR) is 140 cm³/mol. The molecule has 6 bridgehead atoms. The number of fused-ring (bicyclic) bond motifs is 5. The molecule has 0 spiro atoms. The summed E-state index contributed by atoms with van der Waals surface area (Å²) in [6, 6.07) is 4.69. The van der Waals surface area contributed by atoms with Crippen LogP contribution in [0.25, 0.3) is 6.08 Å². The number of nitrogens with one attached hydrogen (secondary N) is 1. The first-order chi connectivity index (χ1) is 17.8. The van der Waals surface area contributed by atoms with Crippen LogP contribution in [0.5, 0.6) is 0 Å². The molecule has 0 saturated carbocycles. The summed E-state index contributed by atoms with van der Waals surface area (Å²) in [5, 5.41) is 5.97. The fraction of sp³-hybridized carbons (Fsp3) is 0.481. The van der Waals surface area contributed by atoms with Crippen LogP contribution in [0.1, 0.15) is 49.1 Å². The zero-order chi connectivity index (χ0) is 26.1. The summed E-state index contributed by atoms with van der Waals surface area (Å²) in [6.07, 6.45) is 4.99. The van der Waals surface area contributed by atoms with Crippen LogP contribution in [0.2, 0.25) is 0 Å². The molecule has 5 rings (SSSR count). The van der Waals surface area contributed by atoms with Gasteiger partial charge >= 0.3 is 12.1 Å². The van der Waals surface area contributed by atoms with Crippen molar-refractivity contribution in [3.05, 3.63) is 52.0 Å². The molecule has 10 heteroatoms. The first-order valence-corrected chi connectivity index (χ1v) is 13.5. The number of methoxy groups -OCH3 is 1. The van der Waals surface area contributed by atoms with Gasteiger partial charge in [0.05, 0.1) is 25.9 Å². The molecular formula is C27H32N4O5S. The van der Waals surface area contributed by atoms with Gasteiger partial charge in [-0.15, -0.1) is 11.3 Å². The second kappa shape index (κ2) is 10.5. The number of allylic oxidation sites excluding steroid dienone is 1. The van der Waals surface area contributed by atoms with Crippen LogP contribution in [0.3, 0.4) is 0 Å². The molecule has 2 amide bonds. The number of aryl methyl sites for hydroxylation is 1. The molecule has 0 radical (unpaired) electrons. The molecule has 1 N–H and O–H groups in total. The maximum atomic E-state index is 13.7. The Morgan fingerprint density at radius 3 is 2.89 bits per heavy atom. The molecular weight excluding hydrogens is 492 g/mol. The molecule has 3 aliphatic heterocycles. The van der Waals surface area contributed by atoms with Gasteiger partial charge in [0, 0.05) is 18.3 Å². The largest absolute Gasteiger partial charge is 0.467 e. The van der Waals surface area contributed by atoms with Crippen LogP contribution in [0, 0.1) is 5.92 Å². The van der Waals surface area contributed by atoms with E-state index in [0.717, 1.165) is 35.2 Å².